The van der Waals surface area contributed by atoms with Gasteiger partial charge in [-0.25, -0.2) is 13.1 Å². The van der Waals surface area contributed by atoms with Crippen molar-refractivity contribution < 1.29 is 32.2 Å². The number of ether oxygens (including phenoxy) is 3. The molecule has 1 spiro atoms. The summed E-state index contributed by atoms with van der Waals surface area (Å²) in [5, 5.41) is 0.706. The zero-order chi connectivity index (χ0) is 30.4. The number of sulfonamides is 1. The number of anilines is 1. The lowest BCUT2D eigenvalue weighted by molar-refractivity contribution is -0.149. The van der Waals surface area contributed by atoms with E-state index < -0.39 is 28.1 Å². The Hall–Kier alpha value is -3.08. The van der Waals surface area contributed by atoms with Crippen molar-refractivity contribution in [3.05, 3.63) is 64.7 Å². The van der Waals surface area contributed by atoms with E-state index in [0.717, 1.165) is 32.1 Å². The molecule has 1 amide bonds. The molecule has 0 unspecified atom stereocenters. The van der Waals surface area contributed by atoms with E-state index >= 15 is 0 Å². The average Bonchev–Trinajstić information content (AvgIpc) is 3.09. The van der Waals surface area contributed by atoms with Crippen LogP contribution in [0, 0.1) is 11.8 Å². The molecule has 2 bridgehead atoms. The number of amides is 1. The number of carbonyl (C=O) groups is 2. The maximum atomic E-state index is 13.4. The minimum atomic E-state index is -4.18. The number of nitrogens with zero attached hydrogens (tertiary/aromatic N) is 1. The lowest BCUT2D eigenvalue weighted by atomic mass is 9.68. The molecular formula is C32H37ClN2O7S. The molecule has 0 radical (unpaired) electrons. The number of benzene rings is 2. The highest BCUT2D eigenvalue weighted by Crippen LogP contribution is 2.47. The molecule has 11 heteroatoms. The Kier molecular flexibility index (Phi) is 8.21. The van der Waals surface area contributed by atoms with E-state index in [4.69, 9.17) is 25.8 Å². The molecule has 5 atom stereocenters. The number of halogens is 1. The quantitative estimate of drug-likeness (QED) is 0.362. The third-order valence-corrected chi connectivity index (χ3v) is 10.9. The van der Waals surface area contributed by atoms with Gasteiger partial charge in [-0.1, -0.05) is 23.7 Å². The van der Waals surface area contributed by atoms with Crippen LogP contribution in [-0.2, 0) is 40.9 Å². The first kappa shape index (κ1) is 30.0. The van der Waals surface area contributed by atoms with Gasteiger partial charge in [-0.15, -0.1) is 0 Å². The van der Waals surface area contributed by atoms with Gasteiger partial charge in [0.1, 0.15) is 18.0 Å². The minimum absolute atomic E-state index is 0.0258. The Bertz CT molecular complexity index is 1560. The Balaban J connectivity index is 1.44. The van der Waals surface area contributed by atoms with Crippen molar-refractivity contribution in [3.63, 3.8) is 0 Å². The highest BCUT2D eigenvalue weighted by molar-refractivity contribution is 7.90. The number of fused-ring (bicyclic) bond motifs is 4. The zero-order valence-corrected chi connectivity index (χ0v) is 26.0. The molecule has 1 fully saturated rings. The molecule has 0 aromatic heterocycles. The first-order valence-corrected chi connectivity index (χ1v) is 16.7. The van der Waals surface area contributed by atoms with E-state index in [0.29, 0.717) is 36.2 Å². The van der Waals surface area contributed by atoms with Gasteiger partial charge in [-0.3, -0.25) is 9.59 Å². The smallest absolute Gasteiger partial charge is 0.303 e. The molecule has 9 nitrogen and oxygen atoms in total. The van der Waals surface area contributed by atoms with Crippen LogP contribution in [0.5, 0.6) is 5.75 Å². The highest BCUT2D eigenvalue weighted by atomic mass is 35.5. The van der Waals surface area contributed by atoms with E-state index in [-0.39, 0.29) is 34.7 Å². The topological polar surface area (TPSA) is 111 Å². The Morgan fingerprint density at radius 1 is 1.19 bits per heavy atom. The number of rotatable bonds is 1. The maximum Gasteiger partial charge on any atom is 0.303 e. The minimum Gasteiger partial charge on any atom is -0.490 e. The van der Waals surface area contributed by atoms with Crippen LogP contribution in [0.2, 0.25) is 5.02 Å². The summed E-state index contributed by atoms with van der Waals surface area (Å²) in [7, 11) is -4.18. The number of aryl methyl sites for hydroxylation is 1. The molecule has 6 rings (SSSR count). The van der Waals surface area contributed by atoms with Crippen LogP contribution in [0.15, 0.2) is 53.4 Å². The third kappa shape index (κ3) is 6.01. The van der Waals surface area contributed by atoms with Crippen LogP contribution in [-0.4, -0.2) is 58.8 Å². The second-order valence-electron chi connectivity index (χ2n) is 12.2. The summed E-state index contributed by atoms with van der Waals surface area (Å²) in [5.74, 6) is -0.258. The SMILES string of the molecule is CC(=O)O[C@H]1C=CCO[C@@H](C)C(=O)NS(=O)(=O)c2ccc3c(c2)N(C[C@@H]2CC[C@H]21)C[C@@]1(CCCc2cc(Cl)ccc21)CO3. The van der Waals surface area contributed by atoms with Gasteiger partial charge in [0, 0.05) is 36.4 Å². The van der Waals surface area contributed by atoms with Crippen molar-refractivity contribution in [2.75, 3.05) is 31.2 Å². The molecule has 1 saturated carbocycles. The van der Waals surface area contributed by atoms with Crippen molar-refractivity contribution >= 4 is 39.2 Å². The van der Waals surface area contributed by atoms with Crippen molar-refractivity contribution in [1.82, 2.24) is 4.72 Å². The van der Waals surface area contributed by atoms with Gasteiger partial charge in [-0.05, 0) is 92.5 Å². The summed E-state index contributed by atoms with van der Waals surface area (Å²) in [5.41, 5.74) is 2.76. The first-order valence-electron chi connectivity index (χ1n) is 14.9. The van der Waals surface area contributed by atoms with E-state index in [1.165, 1.54) is 31.0 Å². The van der Waals surface area contributed by atoms with Gasteiger partial charge < -0.3 is 19.1 Å². The third-order valence-electron chi connectivity index (χ3n) is 9.35. The van der Waals surface area contributed by atoms with Crippen molar-refractivity contribution in [1.29, 1.82) is 0 Å². The van der Waals surface area contributed by atoms with Crippen LogP contribution in [0.4, 0.5) is 5.69 Å². The molecule has 230 valence electrons. The molecule has 4 aliphatic rings. The van der Waals surface area contributed by atoms with E-state index in [2.05, 4.69) is 15.7 Å². The number of nitrogens with one attached hydrogen (secondary N) is 1. The largest absolute Gasteiger partial charge is 0.490 e. The summed E-state index contributed by atoms with van der Waals surface area (Å²) in [4.78, 5) is 27.0. The summed E-state index contributed by atoms with van der Waals surface area (Å²) < 4.78 is 46.7. The predicted octanol–water partition coefficient (Wildman–Crippen LogP) is 4.55. The van der Waals surface area contributed by atoms with Crippen LogP contribution >= 0.6 is 11.6 Å². The van der Waals surface area contributed by atoms with E-state index in [1.807, 2.05) is 18.2 Å². The molecule has 1 N–H and O–H groups in total. The highest BCUT2D eigenvalue weighted by Gasteiger charge is 2.45. The van der Waals surface area contributed by atoms with Crippen molar-refractivity contribution in [3.8, 4) is 5.75 Å². The van der Waals surface area contributed by atoms with Crippen LogP contribution in [0.3, 0.4) is 0 Å². The summed E-state index contributed by atoms with van der Waals surface area (Å²) >= 11 is 6.38. The lowest BCUT2D eigenvalue weighted by Crippen LogP contribution is -2.50. The Labute approximate surface area is 257 Å². The second-order valence-corrected chi connectivity index (χ2v) is 14.3. The Morgan fingerprint density at radius 3 is 2.79 bits per heavy atom. The number of hydrogen-bond acceptors (Lipinski definition) is 8. The first-order chi connectivity index (χ1) is 20.5. The van der Waals surface area contributed by atoms with Gasteiger partial charge in [0.25, 0.3) is 15.9 Å². The Morgan fingerprint density at radius 2 is 2.02 bits per heavy atom. The maximum absolute atomic E-state index is 13.4. The molecule has 43 heavy (non-hydrogen) atoms. The normalized spacial score (nSPS) is 30.1. The molecule has 2 aliphatic heterocycles. The number of hydrogen-bond donors (Lipinski definition) is 1. The molecule has 0 saturated heterocycles. The number of esters is 1. The molecule has 2 heterocycles. The zero-order valence-electron chi connectivity index (χ0n) is 24.4. The fourth-order valence-corrected chi connectivity index (χ4v) is 8.26. The van der Waals surface area contributed by atoms with Gasteiger partial charge in [0.15, 0.2) is 0 Å². The van der Waals surface area contributed by atoms with Crippen LogP contribution in [0.1, 0.15) is 50.7 Å². The summed E-state index contributed by atoms with van der Waals surface area (Å²) in [6.07, 6.45) is 6.79. The average molecular weight is 629 g/mol. The van der Waals surface area contributed by atoms with Gasteiger partial charge >= 0.3 is 5.97 Å². The standard InChI is InChI=1S/C32H37ClN2O7S/c1-20-31(37)34-43(38,39)25-9-12-30-28(16-25)35(17-23-7-10-26(23)29(42-21(2)36)6-4-14-40-20)18-32(19-41-30)13-3-5-22-15-24(33)8-11-27(22)32/h4,6,8-9,11-12,15-16,20,23,26,29H,3,5,7,10,13-14,17-19H2,1-2H3,(H,34,37)/t20-,23-,26+,29-,32-/m0/s1. The lowest BCUT2D eigenvalue weighted by Gasteiger charge is -2.45. The van der Waals surface area contributed by atoms with Gasteiger partial charge in [-0.2, -0.15) is 0 Å². The fourth-order valence-electron chi connectivity index (χ4n) is 7.00. The van der Waals surface area contributed by atoms with Crippen LogP contribution in [0.25, 0.3) is 0 Å². The fraction of sp³-hybridized carbons (Fsp3) is 0.500. The second kappa shape index (κ2) is 11.8. The molecule has 2 aliphatic carbocycles. The molecular weight excluding hydrogens is 592 g/mol. The van der Waals surface area contributed by atoms with Crippen molar-refractivity contribution in [2.24, 2.45) is 11.8 Å². The number of carbonyl (C=O) groups excluding carboxylic acids is 2. The van der Waals surface area contributed by atoms with E-state index in [9.17, 15) is 18.0 Å². The van der Waals surface area contributed by atoms with Gasteiger partial charge in [0.2, 0.25) is 0 Å². The molecule has 2 aromatic carbocycles. The van der Waals surface area contributed by atoms with Gasteiger partial charge in [0.05, 0.1) is 23.8 Å². The molecule has 2 aromatic rings. The van der Waals surface area contributed by atoms with Crippen molar-refractivity contribution in [2.45, 2.75) is 68.5 Å². The predicted molar refractivity (Wildman–Crippen MR) is 162 cm³/mol. The van der Waals surface area contributed by atoms with Crippen LogP contribution < -0.4 is 14.4 Å². The summed E-state index contributed by atoms with van der Waals surface area (Å²) in [6, 6.07) is 10.8. The monoisotopic (exact) mass is 628 g/mol. The summed E-state index contributed by atoms with van der Waals surface area (Å²) in [6.45, 7) is 4.65. The van der Waals surface area contributed by atoms with E-state index in [1.54, 1.807) is 18.2 Å².